The first kappa shape index (κ1) is 20.0. The minimum atomic E-state index is 0.367. The van der Waals surface area contributed by atoms with Crippen molar-refractivity contribution in [2.24, 2.45) is 0 Å². The number of anilines is 2. The molecular weight excluding hydrogens is 454 g/mol. The lowest BCUT2D eigenvalue weighted by molar-refractivity contribution is 0.328. The van der Waals surface area contributed by atoms with Gasteiger partial charge in [-0.1, -0.05) is 36.4 Å². The molecule has 0 bridgehead atoms. The number of nitrogens with one attached hydrogen (secondary N) is 2. The Labute approximate surface area is 189 Å². The molecule has 0 radical (unpaired) electrons. The van der Waals surface area contributed by atoms with Crippen LogP contribution in [0.25, 0.3) is 5.65 Å². The van der Waals surface area contributed by atoms with Crippen LogP contribution in [-0.4, -0.2) is 43.6 Å². The maximum absolute atomic E-state index is 4.79. The number of benzene rings is 1. The van der Waals surface area contributed by atoms with Gasteiger partial charge < -0.3 is 10.6 Å². The molecule has 5 rings (SSSR count). The molecule has 4 aromatic rings. The molecule has 4 heterocycles. The largest absolute Gasteiger partial charge is 0.366 e. The van der Waals surface area contributed by atoms with E-state index in [4.69, 9.17) is 4.98 Å². The highest BCUT2D eigenvalue weighted by atomic mass is 79.9. The lowest BCUT2D eigenvalue weighted by Crippen LogP contribution is -2.26. The summed E-state index contributed by atoms with van der Waals surface area (Å²) in [5.74, 6) is 1.75. The van der Waals surface area contributed by atoms with Crippen molar-refractivity contribution in [2.75, 3.05) is 23.7 Å². The number of likely N-dealkylation sites (tertiary alicyclic amines) is 1. The summed E-state index contributed by atoms with van der Waals surface area (Å²) < 4.78 is 2.69. The molecule has 1 saturated heterocycles. The van der Waals surface area contributed by atoms with Crippen LogP contribution < -0.4 is 10.6 Å². The fourth-order valence-corrected chi connectivity index (χ4v) is 4.32. The summed E-state index contributed by atoms with van der Waals surface area (Å²) >= 11 is 3.57. The third-order valence-electron chi connectivity index (χ3n) is 5.50. The normalized spacial score (nSPS) is 16.6. The quantitative estimate of drug-likeness (QED) is 0.415. The van der Waals surface area contributed by atoms with Gasteiger partial charge in [-0.25, -0.2) is 4.98 Å². The van der Waals surface area contributed by atoms with E-state index in [9.17, 15) is 0 Å². The van der Waals surface area contributed by atoms with Crippen LogP contribution in [-0.2, 0) is 13.1 Å². The van der Waals surface area contributed by atoms with Gasteiger partial charge in [0.2, 0.25) is 0 Å². The van der Waals surface area contributed by atoms with E-state index >= 15 is 0 Å². The van der Waals surface area contributed by atoms with Gasteiger partial charge >= 0.3 is 0 Å². The van der Waals surface area contributed by atoms with E-state index in [0.29, 0.717) is 12.6 Å². The summed E-state index contributed by atoms with van der Waals surface area (Å²) in [6.07, 6.45) is 6.52. The van der Waals surface area contributed by atoms with E-state index in [1.165, 1.54) is 5.56 Å². The van der Waals surface area contributed by atoms with Crippen LogP contribution in [0.2, 0.25) is 0 Å². The van der Waals surface area contributed by atoms with Crippen LogP contribution in [0.1, 0.15) is 17.5 Å². The van der Waals surface area contributed by atoms with Gasteiger partial charge in [-0.3, -0.25) is 9.88 Å². The van der Waals surface area contributed by atoms with Crippen LogP contribution in [0.4, 0.5) is 11.6 Å². The molecule has 3 aromatic heterocycles. The monoisotopic (exact) mass is 477 g/mol. The molecule has 1 fully saturated rings. The highest BCUT2D eigenvalue weighted by Crippen LogP contribution is 2.24. The van der Waals surface area contributed by atoms with E-state index in [2.05, 4.69) is 77.9 Å². The first-order chi connectivity index (χ1) is 15.2. The van der Waals surface area contributed by atoms with Gasteiger partial charge in [0.15, 0.2) is 5.65 Å². The lowest BCUT2D eigenvalue weighted by atomic mass is 10.2. The van der Waals surface area contributed by atoms with Gasteiger partial charge in [-0.15, -0.1) is 0 Å². The Hall–Kier alpha value is -2.97. The molecule has 31 heavy (non-hydrogen) atoms. The van der Waals surface area contributed by atoms with Crippen LogP contribution in [0.5, 0.6) is 0 Å². The second-order valence-electron chi connectivity index (χ2n) is 7.82. The zero-order valence-corrected chi connectivity index (χ0v) is 18.7. The summed E-state index contributed by atoms with van der Waals surface area (Å²) in [6.45, 7) is 3.73. The third kappa shape index (κ3) is 4.70. The lowest BCUT2D eigenvalue weighted by Gasteiger charge is -2.18. The maximum atomic E-state index is 4.79. The molecule has 0 amide bonds. The second kappa shape index (κ2) is 9.03. The fraction of sp³-hybridized carbons (Fsp3) is 0.261. The van der Waals surface area contributed by atoms with Gasteiger partial charge in [-0.2, -0.15) is 9.61 Å². The van der Waals surface area contributed by atoms with Crippen LogP contribution in [0.3, 0.4) is 0 Å². The number of aromatic nitrogens is 4. The van der Waals surface area contributed by atoms with Crippen molar-refractivity contribution in [2.45, 2.75) is 25.6 Å². The number of hydrogen-bond acceptors (Lipinski definition) is 6. The first-order valence-electron chi connectivity index (χ1n) is 10.4. The zero-order valence-electron chi connectivity index (χ0n) is 17.1. The molecule has 0 aliphatic carbocycles. The number of pyridine rings is 1. The predicted octanol–water partition coefficient (Wildman–Crippen LogP) is 4.19. The molecule has 1 aliphatic rings. The first-order valence-corrected chi connectivity index (χ1v) is 11.2. The van der Waals surface area contributed by atoms with Gasteiger partial charge in [0.1, 0.15) is 11.6 Å². The van der Waals surface area contributed by atoms with Crippen LogP contribution >= 0.6 is 15.9 Å². The number of rotatable bonds is 7. The average molecular weight is 478 g/mol. The molecule has 0 unspecified atom stereocenters. The Kier molecular flexibility index (Phi) is 5.82. The van der Waals surface area contributed by atoms with Crippen molar-refractivity contribution in [3.05, 3.63) is 82.7 Å². The van der Waals surface area contributed by atoms with E-state index in [1.54, 1.807) is 12.4 Å². The van der Waals surface area contributed by atoms with Gasteiger partial charge in [0, 0.05) is 50.7 Å². The highest BCUT2D eigenvalue weighted by molar-refractivity contribution is 9.10. The highest BCUT2D eigenvalue weighted by Gasteiger charge is 2.23. The number of halogens is 1. The van der Waals surface area contributed by atoms with Crippen molar-refractivity contribution in [1.29, 1.82) is 0 Å². The SMILES string of the molecule is Brc1cnn2c(NCc3cccnc3)cc(N[C@@H]3CCN(Cc4ccccc4)C3)nc12. The second-order valence-corrected chi connectivity index (χ2v) is 8.67. The Morgan fingerprint density at radius 2 is 1.94 bits per heavy atom. The topological polar surface area (TPSA) is 70.4 Å². The molecule has 0 spiro atoms. The van der Waals surface area contributed by atoms with Crippen LogP contribution in [0.15, 0.2) is 71.6 Å². The third-order valence-corrected chi connectivity index (χ3v) is 6.06. The summed E-state index contributed by atoms with van der Waals surface area (Å²) in [5, 5.41) is 11.6. The van der Waals surface area contributed by atoms with E-state index in [1.807, 2.05) is 22.8 Å². The molecule has 8 heteroatoms. The van der Waals surface area contributed by atoms with Crippen LogP contribution in [0, 0.1) is 0 Å². The summed E-state index contributed by atoms with van der Waals surface area (Å²) in [6, 6.07) is 17.0. The average Bonchev–Trinajstić information content (AvgIpc) is 3.40. The number of nitrogens with zero attached hydrogens (tertiary/aromatic N) is 5. The minimum absolute atomic E-state index is 0.367. The van der Waals surface area contributed by atoms with E-state index < -0.39 is 0 Å². The molecule has 2 N–H and O–H groups in total. The molecule has 1 atom stereocenters. The van der Waals surface area contributed by atoms with Crippen molar-refractivity contribution < 1.29 is 0 Å². The summed E-state index contributed by atoms with van der Waals surface area (Å²) in [5.41, 5.74) is 3.26. The molecule has 1 aromatic carbocycles. The maximum Gasteiger partial charge on any atom is 0.173 e. The Balaban J connectivity index is 1.30. The van der Waals surface area contributed by atoms with E-state index in [-0.39, 0.29) is 0 Å². The standard InChI is InChI=1S/C23H24BrN7/c24-20-14-27-31-22(26-13-18-7-4-9-25-12-18)11-21(29-23(20)31)28-19-8-10-30(16-19)15-17-5-2-1-3-6-17/h1-7,9,11-12,14,19,26H,8,10,13,15-16H2,(H,28,29)/t19-/m1/s1. The van der Waals surface area contributed by atoms with Gasteiger partial charge in [0.25, 0.3) is 0 Å². The van der Waals surface area contributed by atoms with E-state index in [0.717, 1.165) is 53.4 Å². The molecule has 1 aliphatic heterocycles. The molecule has 0 saturated carbocycles. The summed E-state index contributed by atoms with van der Waals surface area (Å²) in [4.78, 5) is 11.5. The van der Waals surface area contributed by atoms with Gasteiger partial charge in [-0.05, 0) is 39.5 Å². The minimum Gasteiger partial charge on any atom is -0.366 e. The molecule has 158 valence electrons. The van der Waals surface area contributed by atoms with Crippen molar-refractivity contribution >= 4 is 33.2 Å². The predicted molar refractivity (Wildman–Crippen MR) is 126 cm³/mol. The van der Waals surface area contributed by atoms with Crippen molar-refractivity contribution in [3.63, 3.8) is 0 Å². The number of hydrogen-bond donors (Lipinski definition) is 2. The molecule has 7 nitrogen and oxygen atoms in total. The smallest absolute Gasteiger partial charge is 0.173 e. The number of fused-ring (bicyclic) bond motifs is 1. The molecular formula is C23H24BrN7. The van der Waals surface area contributed by atoms with Crippen molar-refractivity contribution in [1.82, 2.24) is 24.5 Å². The Morgan fingerprint density at radius 3 is 2.77 bits per heavy atom. The van der Waals surface area contributed by atoms with Gasteiger partial charge in [0.05, 0.1) is 10.7 Å². The van der Waals surface area contributed by atoms with Crippen molar-refractivity contribution in [3.8, 4) is 0 Å². The fourth-order valence-electron chi connectivity index (χ4n) is 3.98. The zero-order chi connectivity index (χ0) is 21.0. The summed E-state index contributed by atoms with van der Waals surface area (Å²) in [7, 11) is 0. The Morgan fingerprint density at radius 1 is 1.06 bits per heavy atom. The Bertz CT molecular complexity index is 1150.